The van der Waals surface area contributed by atoms with Gasteiger partial charge in [0.2, 0.25) is 0 Å². The van der Waals surface area contributed by atoms with Gasteiger partial charge < -0.3 is 9.47 Å². The van der Waals surface area contributed by atoms with Crippen molar-refractivity contribution in [2.24, 2.45) is 0 Å². The van der Waals surface area contributed by atoms with Gasteiger partial charge in [0.15, 0.2) is 0 Å². The third-order valence-corrected chi connectivity index (χ3v) is 2.80. The minimum absolute atomic E-state index is 0.277. The first-order valence-electron chi connectivity index (χ1n) is 5.70. The second-order valence-corrected chi connectivity index (χ2v) is 4.32. The van der Waals surface area contributed by atoms with Crippen LogP contribution >= 0.6 is 0 Å². The number of rotatable bonds is 3. The SMILES string of the molecule is C=Cc1ccc(C(=O)OC2(C)CCC(=O)O2)cc1. The molecule has 1 unspecified atom stereocenters. The summed E-state index contributed by atoms with van der Waals surface area (Å²) in [5.74, 6) is -1.97. The van der Waals surface area contributed by atoms with Gasteiger partial charge >= 0.3 is 11.9 Å². The summed E-state index contributed by atoms with van der Waals surface area (Å²) in [6.07, 6.45) is 2.36. The lowest BCUT2D eigenvalue weighted by Crippen LogP contribution is -2.31. The number of benzene rings is 1. The smallest absolute Gasteiger partial charge is 0.341 e. The van der Waals surface area contributed by atoms with Crippen molar-refractivity contribution in [3.8, 4) is 0 Å². The van der Waals surface area contributed by atoms with Crippen molar-refractivity contribution in [1.29, 1.82) is 0 Å². The highest BCUT2D eigenvalue weighted by Gasteiger charge is 2.39. The molecule has 0 spiro atoms. The average molecular weight is 246 g/mol. The number of esters is 2. The molecule has 18 heavy (non-hydrogen) atoms. The second kappa shape index (κ2) is 4.64. The normalized spacial score (nSPS) is 22.4. The summed E-state index contributed by atoms with van der Waals surface area (Å²) >= 11 is 0. The van der Waals surface area contributed by atoms with E-state index < -0.39 is 11.8 Å². The van der Waals surface area contributed by atoms with Gasteiger partial charge in [-0.05, 0) is 17.7 Å². The second-order valence-electron chi connectivity index (χ2n) is 4.32. The zero-order valence-corrected chi connectivity index (χ0v) is 10.1. The molecule has 0 aromatic heterocycles. The number of carbonyl (C=O) groups excluding carboxylic acids is 2. The van der Waals surface area contributed by atoms with Gasteiger partial charge in [-0.1, -0.05) is 24.8 Å². The molecule has 4 nitrogen and oxygen atoms in total. The molecule has 1 atom stereocenters. The van der Waals surface area contributed by atoms with E-state index in [1.165, 1.54) is 0 Å². The quantitative estimate of drug-likeness (QED) is 0.769. The molecule has 0 aliphatic carbocycles. The predicted octanol–water partition coefficient (Wildman–Crippen LogP) is 2.54. The Balaban J connectivity index is 2.07. The Morgan fingerprint density at radius 1 is 1.44 bits per heavy atom. The Morgan fingerprint density at radius 3 is 2.61 bits per heavy atom. The minimum atomic E-state index is -1.13. The van der Waals surface area contributed by atoms with Gasteiger partial charge in [0.25, 0.3) is 5.79 Å². The molecule has 0 radical (unpaired) electrons. The highest BCUT2D eigenvalue weighted by Crippen LogP contribution is 2.28. The lowest BCUT2D eigenvalue weighted by atomic mass is 10.1. The molecular formula is C14H14O4. The van der Waals surface area contributed by atoms with Gasteiger partial charge in [-0.3, -0.25) is 4.79 Å². The molecule has 94 valence electrons. The van der Waals surface area contributed by atoms with E-state index in [1.54, 1.807) is 37.3 Å². The van der Waals surface area contributed by atoms with Crippen LogP contribution in [0.25, 0.3) is 6.08 Å². The lowest BCUT2D eigenvalue weighted by Gasteiger charge is -2.22. The van der Waals surface area contributed by atoms with Crippen LogP contribution in [0.3, 0.4) is 0 Å². The van der Waals surface area contributed by atoms with E-state index in [-0.39, 0.29) is 12.4 Å². The van der Waals surface area contributed by atoms with E-state index in [0.717, 1.165) is 5.56 Å². The Bertz CT molecular complexity index is 489. The largest absolute Gasteiger partial charge is 0.423 e. The van der Waals surface area contributed by atoms with Crippen LogP contribution in [0.15, 0.2) is 30.8 Å². The first-order valence-corrected chi connectivity index (χ1v) is 5.70. The summed E-state index contributed by atoms with van der Waals surface area (Å²) in [5, 5.41) is 0. The van der Waals surface area contributed by atoms with Crippen LogP contribution in [0.5, 0.6) is 0 Å². The van der Waals surface area contributed by atoms with Crippen LogP contribution in [0.2, 0.25) is 0 Å². The highest BCUT2D eigenvalue weighted by molar-refractivity contribution is 5.90. The predicted molar refractivity (Wildman–Crippen MR) is 65.7 cm³/mol. The summed E-state index contributed by atoms with van der Waals surface area (Å²) < 4.78 is 10.2. The molecule has 4 heteroatoms. The van der Waals surface area contributed by atoms with Crippen molar-refractivity contribution in [2.45, 2.75) is 25.6 Å². The van der Waals surface area contributed by atoms with Crippen LogP contribution in [-0.4, -0.2) is 17.7 Å². The molecule has 0 saturated carbocycles. The van der Waals surface area contributed by atoms with Crippen molar-refractivity contribution in [3.63, 3.8) is 0 Å². The molecule has 2 rings (SSSR count). The Kier molecular flexibility index (Phi) is 3.19. The Morgan fingerprint density at radius 2 is 2.11 bits per heavy atom. The zero-order valence-electron chi connectivity index (χ0n) is 10.1. The average Bonchev–Trinajstić information content (AvgIpc) is 2.69. The van der Waals surface area contributed by atoms with E-state index in [1.807, 2.05) is 0 Å². The van der Waals surface area contributed by atoms with Gasteiger partial charge in [-0.2, -0.15) is 0 Å². The van der Waals surface area contributed by atoms with Gasteiger partial charge in [-0.25, -0.2) is 4.79 Å². The van der Waals surface area contributed by atoms with E-state index in [2.05, 4.69) is 6.58 Å². The van der Waals surface area contributed by atoms with E-state index >= 15 is 0 Å². The summed E-state index contributed by atoms with van der Waals surface area (Å²) in [4.78, 5) is 22.9. The van der Waals surface area contributed by atoms with Crippen molar-refractivity contribution in [1.82, 2.24) is 0 Å². The van der Waals surface area contributed by atoms with Gasteiger partial charge in [0, 0.05) is 13.3 Å². The van der Waals surface area contributed by atoms with Gasteiger partial charge in [0.05, 0.1) is 12.0 Å². The fourth-order valence-electron chi connectivity index (χ4n) is 1.75. The third kappa shape index (κ3) is 2.59. The molecule has 1 aliphatic rings. The van der Waals surface area contributed by atoms with Crippen molar-refractivity contribution >= 4 is 18.0 Å². The first-order chi connectivity index (χ1) is 8.52. The van der Waals surface area contributed by atoms with E-state index in [9.17, 15) is 9.59 Å². The van der Waals surface area contributed by atoms with Crippen LogP contribution < -0.4 is 0 Å². The van der Waals surface area contributed by atoms with Crippen molar-refractivity contribution < 1.29 is 19.1 Å². The van der Waals surface area contributed by atoms with Crippen LogP contribution in [-0.2, 0) is 14.3 Å². The summed E-state index contributed by atoms with van der Waals surface area (Å²) in [7, 11) is 0. The lowest BCUT2D eigenvalue weighted by molar-refractivity contribution is -0.182. The van der Waals surface area contributed by atoms with Gasteiger partial charge in [-0.15, -0.1) is 0 Å². The number of ether oxygens (including phenoxy) is 2. The molecule has 1 heterocycles. The Labute approximate surface area is 105 Å². The number of carbonyl (C=O) groups is 2. The highest BCUT2D eigenvalue weighted by atomic mass is 16.7. The number of hydrogen-bond acceptors (Lipinski definition) is 4. The molecule has 1 aliphatic heterocycles. The van der Waals surface area contributed by atoms with Crippen LogP contribution in [0.1, 0.15) is 35.7 Å². The Hall–Kier alpha value is -2.10. The maximum atomic E-state index is 11.9. The van der Waals surface area contributed by atoms with E-state index in [4.69, 9.17) is 9.47 Å². The topological polar surface area (TPSA) is 52.6 Å². The fraction of sp³-hybridized carbons (Fsp3) is 0.286. The monoisotopic (exact) mass is 246 g/mol. The fourth-order valence-corrected chi connectivity index (χ4v) is 1.75. The molecule has 1 saturated heterocycles. The van der Waals surface area contributed by atoms with Crippen LogP contribution in [0, 0.1) is 0 Å². The maximum absolute atomic E-state index is 11.9. The summed E-state index contributed by atoms with van der Waals surface area (Å²) in [6, 6.07) is 6.85. The molecular weight excluding hydrogens is 232 g/mol. The number of hydrogen-bond donors (Lipinski definition) is 0. The first kappa shape index (κ1) is 12.4. The third-order valence-electron chi connectivity index (χ3n) is 2.80. The van der Waals surface area contributed by atoms with Gasteiger partial charge in [0.1, 0.15) is 0 Å². The van der Waals surface area contributed by atoms with Crippen molar-refractivity contribution in [2.75, 3.05) is 0 Å². The minimum Gasteiger partial charge on any atom is -0.423 e. The van der Waals surface area contributed by atoms with Crippen molar-refractivity contribution in [3.05, 3.63) is 42.0 Å². The molecule has 1 aromatic carbocycles. The van der Waals surface area contributed by atoms with Crippen LogP contribution in [0.4, 0.5) is 0 Å². The zero-order chi connectivity index (χ0) is 13.2. The summed E-state index contributed by atoms with van der Waals surface area (Å²) in [5.41, 5.74) is 1.34. The van der Waals surface area contributed by atoms with E-state index in [0.29, 0.717) is 12.0 Å². The standard InChI is InChI=1S/C14H14O4/c1-3-10-4-6-11(7-5-10)13(16)18-14(2)9-8-12(15)17-14/h3-7H,1,8-9H2,2H3. The molecule has 0 amide bonds. The maximum Gasteiger partial charge on any atom is 0.341 e. The molecule has 0 N–H and O–H groups in total. The number of cyclic esters (lactones) is 1. The summed E-state index contributed by atoms with van der Waals surface area (Å²) in [6.45, 7) is 5.23. The molecule has 1 fully saturated rings. The molecule has 1 aromatic rings. The molecule has 0 bridgehead atoms.